The summed E-state index contributed by atoms with van der Waals surface area (Å²) in [6, 6.07) is 25.7. The molecule has 0 aliphatic heterocycles. The van der Waals surface area contributed by atoms with E-state index in [2.05, 4.69) is 64.9 Å². The van der Waals surface area contributed by atoms with Gasteiger partial charge in [-0.05, 0) is 52.8 Å². The molecule has 3 aromatic carbocycles. The van der Waals surface area contributed by atoms with E-state index in [1.54, 1.807) is 22.2 Å². The first-order valence-electron chi connectivity index (χ1n) is 11.5. The summed E-state index contributed by atoms with van der Waals surface area (Å²) in [6.07, 6.45) is 4.66. The molecule has 2 aromatic heterocycles. The van der Waals surface area contributed by atoms with Gasteiger partial charge < -0.3 is 5.32 Å². The fourth-order valence-electron chi connectivity index (χ4n) is 4.88. The minimum absolute atomic E-state index is 0.0846. The summed E-state index contributed by atoms with van der Waals surface area (Å²) in [6.45, 7) is 1.42. The van der Waals surface area contributed by atoms with Crippen LogP contribution in [0.4, 0.5) is 0 Å². The maximum absolute atomic E-state index is 13.4. The van der Waals surface area contributed by atoms with Crippen molar-refractivity contribution in [2.24, 2.45) is 0 Å². The van der Waals surface area contributed by atoms with E-state index in [4.69, 9.17) is 0 Å². The van der Waals surface area contributed by atoms with Crippen molar-refractivity contribution in [2.45, 2.75) is 38.4 Å². The van der Waals surface area contributed by atoms with E-state index >= 15 is 0 Å². The van der Waals surface area contributed by atoms with E-state index in [0.29, 0.717) is 12.6 Å². The maximum Gasteiger partial charge on any atom is 0.262 e. The number of rotatable bonds is 5. The Bertz CT molecular complexity index is 1500. The molecule has 5 aromatic rings. The Hall–Kier alpha value is -3.28. The van der Waals surface area contributed by atoms with Gasteiger partial charge in [0.05, 0.1) is 18.3 Å². The predicted molar refractivity (Wildman–Crippen MR) is 136 cm³/mol. The molecule has 4 nitrogen and oxygen atoms in total. The Balaban J connectivity index is 1.25. The highest BCUT2D eigenvalue weighted by molar-refractivity contribution is 7.18. The second-order valence-electron chi connectivity index (χ2n) is 8.85. The van der Waals surface area contributed by atoms with Crippen molar-refractivity contribution in [3.63, 3.8) is 0 Å². The Kier molecular flexibility index (Phi) is 5.29. The third kappa shape index (κ3) is 3.99. The highest BCUT2D eigenvalue weighted by Crippen LogP contribution is 2.33. The van der Waals surface area contributed by atoms with Crippen molar-refractivity contribution in [2.75, 3.05) is 0 Å². The molecule has 2 heterocycles. The molecular formula is C28H25N3OS. The topological polar surface area (TPSA) is 46.9 Å². The zero-order chi connectivity index (χ0) is 22.2. The number of hydrogen-bond acceptors (Lipinski definition) is 4. The van der Waals surface area contributed by atoms with Crippen molar-refractivity contribution >= 4 is 32.3 Å². The molecule has 5 heteroatoms. The second-order valence-corrected chi connectivity index (χ2v) is 9.93. The third-order valence-electron chi connectivity index (χ3n) is 6.64. The van der Waals surface area contributed by atoms with Crippen LogP contribution in [0.25, 0.3) is 21.0 Å². The van der Waals surface area contributed by atoms with Crippen molar-refractivity contribution < 1.29 is 0 Å². The normalized spacial score (nSPS) is 15.7. The number of aryl methyl sites for hydroxylation is 1. The van der Waals surface area contributed by atoms with Gasteiger partial charge in [0, 0.05) is 17.5 Å². The lowest BCUT2D eigenvalue weighted by Crippen LogP contribution is -2.33. The molecule has 1 aliphatic carbocycles. The first-order valence-corrected chi connectivity index (χ1v) is 12.3. The van der Waals surface area contributed by atoms with E-state index < -0.39 is 0 Å². The number of thiophene rings is 1. The molecule has 33 heavy (non-hydrogen) atoms. The number of fused-ring (bicyclic) bond motifs is 4. The van der Waals surface area contributed by atoms with Gasteiger partial charge in [0.25, 0.3) is 5.56 Å². The highest BCUT2D eigenvalue weighted by atomic mass is 32.1. The fourth-order valence-corrected chi connectivity index (χ4v) is 6.14. The molecule has 1 unspecified atom stereocenters. The largest absolute Gasteiger partial charge is 0.310 e. The molecule has 1 atom stereocenters. The zero-order valence-electron chi connectivity index (χ0n) is 18.3. The van der Waals surface area contributed by atoms with Gasteiger partial charge in [-0.3, -0.25) is 9.36 Å². The van der Waals surface area contributed by atoms with Gasteiger partial charge >= 0.3 is 0 Å². The van der Waals surface area contributed by atoms with Crippen LogP contribution in [0.3, 0.4) is 0 Å². The smallest absolute Gasteiger partial charge is 0.262 e. The summed E-state index contributed by atoms with van der Waals surface area (Å²) in [5.41, 5.74) is 3.73. The summed E-state index contributed by atoms with van der Waals surface area (Å²) in [5.74, 6) is 0. The molecule has 0 saturated heterocycles. The molecule has 0 bridgehead atoms. The maximum atomic E-state index is 13.4. The average Bonchev–Trinajstić information content (AvgIpc) is 3.23. The molecule has 0 amide bonds. The Morgan fingerprint density at radius 2 is 1.79 bits per heavy atom. The molecule has 0 saturated carbocycles. The number of aromatic nitrogens is 2. The van der Waals surface area contributed by atoms with Gasteiger partial charge in [-0.15, -0.1) is 11.3 Å². The average molecular weight is 452 g/mol. The van der Waals surface area contributed by atoms with E-state index in [9.17, 15) is 4.79 Å². The van der Waals surface area contributed by atoms with Crippen LogP contribution < -0.4 is 10.9 Å². The molecule has 1 aliphatic rings. The minimum Gasteiger partial charge on any atom is -0.310 e. The van der Waals surface area contributed by atoms with Gasteiger partial charge in [0.1, 0.15) is 4.83 Å². The summed E-state index contributed by atoms with van der Waals surface area (Å²) in [5, 5.41) is 6.94. The van der Waals surface area contributed by atoms with Gasteiger partial charge in [0.2, 0.25) is 0 Å². The second kappa shape index (κ2) is 8.58. The Morgan fingerprint density at radius 3 is 2.67 bits per heavy atom. The minimum atomic E-state index is 0.0846. The van der Waals surface area contributed by atoms with Gasteiger partial charge in [0.15, 0.2) is 0 Å². The predicted octanol–water partition coefficient (Wildman–Crippen LogP) is 5.31. The van der Waals surface area contributed by atoms with Crippen LogP contribution in [0.5, 0.6) is 0 Å². The number of nitrogens with zero attached hydrogens (tertiary/aromatic N) is 2. The van der Waals surface area contributed by atoms with Crippen LogP contribution in [0.1, 0.15) is 28.0 Å². The summed E-state index contributed by atoms with van der Waals surface area (Å²) in [7, 11) is 0. The van der Waals surface area contributed by atoms with Crippen molar-refractivity contribution in [1.82, 2.24) is 14.9 Å². The van der Waals surface area contributed by atoms with Crippen molar-refractivity contribution in [3.05, 3.63) is 111 Å². The van der Waals surface area contributed by atoms with Crippen LogP contribution >= 0.6 is 11.3 Å². The van der Waals surface area contributed by atoms with E-state index in [1.807, 2.05) is 18.2 Å². The van der Waals surface area contributed by atoms with Gasteiger partial charge in [-0.2, -0.15) is 0 Å². The standard InChI is InChI=1S/C28H25N3OS/c32-28-26-24-13-12-23(29-16-19-6-2-1-3-7-19)15-25(24)33-27(26)30-18-31(28)17-20-10-11-21-8-4-5-9-22(21)14-20/h1-11,14,18,23,29H,12-13,15-17H2. The van der Waals surface area contributed by atoms with E-state index in [1.165, 1.54) is 26.8 Å². The molecule has 164 valence electrons. The van der Waals surface area contributed by atoms with Gasteiger partial charge in [-0.25, -0.2) is 4.98 Å². The lowest BCUT2D eigenvalue weighted by Gasteiger charge is -2.23. The van der Waals surface area contributed by atoms with Crippen molar-refractivity contribution in [3.8, 4) is 0 Å². The fraction of sp³-hybridized carbons (Fsp3) is 0.214. The number of nitrogens with one attached hydrogen (secondary N) is 1. The number of hydrogen-bond donors (Lipinski definition) is 1. The SMILES string of the molecule is O=c1c2c3c(sc2ncn1Cc1ccc2ccccc2c1)CC(NCc1ccccc1)CC3. The van der Waals surface area contributed by atoms with Gasteiger partial charge in [-0.1, -0.05) is 66.7 Å². The first kappa shape index (κ1) is 20.3. The quantitative estimate of drug-likeness (QED) is 0.394. The third-order valence-corrected chi connectivity index (χ3v) is 7.80. The van der Waals surface area contributed by atoms with Crippen LogP contribution in [-0.4, -0.2) is 15.6 Å². The summed E-state index contributed by atoms with van der Waals surface area (Å²) in [4.78, 5) is 20.3. The first-order chi connectivity index (χ1) is 16.2. The van der Waals surface area contributed by atoms with Crippen LogP contribution in [0, 0.1) is 0 Å². The van der Waals surface area contributed by atoms with Crippen LogP contribution in [-0.2, 0) is 25.9 Å². The lowest BCUT2D eigenvalue weighted by molar-refractivity contribution is 0.462. The van der Waals surface area contributed by atoms with E-state index in [-0.39, 0.29) is 5.56 Å². The molecule has 0 radical (unpaired) electrons. The summed E-state index contributed by atoms with van der Waals surface area (Å²) < 4.78 is 1.76. The van der Waals surface area contributed by atoms with Crippen LogP contribution in [0.15, 0.2) is 83.9 Å². The summed E-state index contributed by atoms with van der Waals surface area (Å²) >= 11 is 1.69. The molecule has 6 rings (SSSR count). The lowest BCUT2D eigenvalue weighted by atomic mass is 9.93. The molecule has 0 fully saturated rings. The number of benzene rings is 3. The van der Waals surface area contributed by atoms with Crippen molar-refractivity contribution in [1.29, 1.82) is 0 Å². The Morgan fingerprint density at radius 1 is 0.970 bits per heavy atom. The zero-order valence-corrected chi connectivity index (χ0v) is 19.1. The van der Waals surface area contributed by atoms with E-state index in [0.717, 1.165) is 41.6 Å². The molecule has 0 spiro atoms. The monoisotopic (exact) mass is 451 g/mol. The molecule has 1 N–H and O–H groups in total. The Labute approximate surface area is 196 Å². The molecular weight excluding hydrogens is 426 g/mol. The van der Waals surface area contributed by atoms with Crippen LogP contribution in [0.2, 0.25) is 0 Å². The highest BCUT2D eigenvalue weighted by Gasteiger charge is 2.25.